The molecule has 2 rings (SSSR count). The number of amides is 1. The number of carbonyl (C=O) groups is 1. The molecule has 0 aliphatic carbocycles. The molecule has 0 saturated heterocycles. The first-order chi connectivity index (χ1) is 9.92. The van der Waals surface area contributed by atoms with Crippen LogP contribution < -0.4 is 10.1 Å². The zero-order valence-electron chi connectivity index (χ0n) is 12.5. The summed E-state index contributed by atoms with van der Waals surface area (Å²) in [5.74, 6) is 0.446. The lowest BCUT2D eigenvalue weighted by Gasteiger charge is -2.10. The lowest BCUT2D eigenvalue weighted by Crippen LogP contribution is -2.16. The second kappa shape index (κ2) is 6.18. The minimum Gasteiger partial charge on any atom is -0.495 e. The maximum atomic E-state index is 12.2. The van der Waals surface area contributed by atoms with Crippen molar-refractivity contribution in [2.24, 2.45) is 7.05 Å². The number of nitrogens with zero attached hydrogens (tertiary/aromatic N) is 2. The van der Waals surface area contributed by atoms with Crippen LogP contribution in [0.2, 0.25) is 5.02 Å². The molecule has 1 heterocycles. The molecule has 0 atom stereocenters. The molecule has 0 aliphatic rings. The number of nitrogens with one attached hydrogen (secondary N) is 1. The molecule has 1 amide bonds. The first kappa shape index (κ1) is 15.4. The smallest absolute Gasteiger partial charge is 0.229 e. The monoisotopic (exact) mass is 307 g/mol. The Bertz CT molecular complexity index is 680. The lowest BCUT2D eigenvalue weighted by molar-refractivity contribution is -0.115. The first-order valence-corrected chi connectivity index (χ1v) is 6.92. The van der Waals surface area contributed by atoms with E-state index in [0.29, 0.717) is 16.5 Å². The summed E-state index contributed by atoms with van der Waals surface area (Å²) in [6.07, 6.45) is 0.265. The fourth-order valence-corrected chi connectivity index (χ4v) is 2.38. The van der Waals surface area contributed by atoms with Crippen LogP contribution in [-0.2, 0) is 18.3 Å². The van der Waals surface area contributed by atoms with Crippen molar-refractivity contribution in [2.45, 2.75) is 20.3 Å². The van der Waals surface area contributed by atoms with Gasteiger partial charge in [0.25, 0.3) is 0 Å². The van der Waals surface area contributed by atoms with Gasteiger partial charge in [0.05, 0.1) is 24.9 Å². The highest BCUT2D eigenvalue weighted by molar-refractivity contribution is 6.31. The van der Waals surface area contributed by atoms with Crippen molar-refractivity contribution in [1.82, 2.24) is 9.78 Å². The summed E-state index contributed by atoms with van der Waals surface area (Å²) in [6, 6.07) is 5.10. The van der Waals surface area contributed by atoms with E-state index < -0.39 is 0 Å². The Morgan fingerprint density at radius 2 is 2.14 bits per heavy atom. The SMILES string of the molecule is COc1ccc(Cl)cc1NC(=O)Cc1c(C)nn(C)c1C. The summed E-state index contributed by atoms with van der Waals surface area (Å²) < 4.78 is 6.99. The number of rotatable bonds is 4. The average molecular weight is 308 g/mol. The maximum absolute atomic E-state index is 12.2. The molecule has 6 heteroatoms. The van der Waals surface area contributed by atoms with Crippen LogP contribution in [0.15, 0.2) is 18.2 Å². The van der Waals surface area contributed by atoms with Gasteiger partial charge in [0, 0.05) is 23.3 Å². The minimum atomic E-state index is -0.130. The highest BCUT2D eigenvalue weighted by Crippen LogP contribution is 2.28. The Kier molecular flexibility index (Phi) is 4.53. The molecule has 1 N–H and O–H groups in total. The Hall–Kier alpha value is -2.01. The number of benzene rings is 1. The molecule has 0 unspecified atom stereocenters. The van der Waals surface area contributed by atoms with Gasteiger partial charge in [0.2, 0.25) is 5.91 Å². The average Bonchev–Trinajstić information content (AvgIpc) is 2.66. The number of ether oxygens (including phenoxy) is 1. The molecule has 0 saturated carbocycles. The Morgan fingerprint density at radius 3 is 2.71 bits per heavy atom. The van der Waals surface area contributed by atoms with Crippen LogP contribution in [0.4, 0.5) is 5.69 Å². The van der Waals surface area contributed by atoms with Gasteiger partial charge in [-0.25, -0.2) is 0 Å². The summed E-state index contributed by atoms with van der Waals surface area (Å²) in [6.45, 7) is 3.85. The first-order valence-electron chi connectivity index (χ1n) is 6.55. The summed E-state index contributed by atoms with van der Waals surface area (Å²) in [4.78, 5) is 12.2. The number of hydrogen-bond donors (Lipinski definition) is 1. The van der Waals surface area contributed by atoms with Gasteiger partial charge in [-0.1, -0.05) is 11.6 Å². The van der Waals surface area contributed by atoms with Crippen molar-refractivity contribution in [3.63, 3.8) is 0 Å². The number of carbonyl (C=O) groups excluding carboxylic acids is 1. The number of methoxy groups -OCH3 is 1. The van der Waals surface area contributed by atoms with Crippen LogP contribution in [-0.4, -0.2) is 22.8 Å². The number of hydrogen-bond acceptors (Lipinski definition) is 3. The van der Waals surface area contributed by atoms with E-state index in [-0.39, 0.29) is 12.3 Å². The fraction of sp³-hybridized carbons (Fsp3) is 0.333. The quantitative estimate of drug-likeness (QED) is 0.945. The molecule has 0 fully saturated rings. The molecule has 5 nitrogen and oxygen atoms in total. The van der Waals surface area contributed by atoms with E-state index in [1.54, 1.807) is 30.0 Å². The summed E-state index contributed by atoms with van der Waals surface area (Å²) in [5.41, 5.74) is 3.36. The van der Waals surface area contributed by atoms with E-state index >= 15 is 0 Å². The predicted molar refractivity (Wildman–Crippen MR) is 83.0 cm³/mol. The molecule has 2 aromatic rings. The van der Waals surface area contributed by atoms with Gasteiger partial charge in [-0.3, -0.25) is 9.48 Å². The third kappa shape index (κ3) is 3.36. The molecule has 1 aromatic heterocycles. The number of halogens is 1. The van der Waals surface area contributed by atoms with Crippen LogP contribution in [0.1, 0.15) is 17.0 Å². The summed E-state index contributed by atoms with van der Waals surface area (Å²) in [7, 11) is 3.41. The highest BCUT2D eigenvalue weighted by Gasteiger charge is 2.15. The van der Waals surface area contributed by atoms with Crippen molar-refractivity contribution in [1.29, 1.82) is 0 Å². The van der Waals surface area contributed by atoms with Crippen LogP contribution in [0, 0.1) is 13.8 Å². The third-order valence-corrected chi connectivity index (χ3v) is 3.67. The molecule has 0 aliphatic heterocycles. The zero-order chi connectivity index (χ0) is 15.6. The molecule has 112 valence electrons. The van der Waals surface area contributed by atoms with E-state index in [9.17, 15) is 4.79 Å². The van der Waals surface area contributed by atoms with Gasteiger partial charge < -0.3 is 10.1 Å². The predicted octanol–water partition coefficient (Wildman–Crippen LogP) is 2.88. The van der Waals surface area contributed by atoms with Crippen LogP contribution in [0.3, 0.4) is 0 Å². The normalized spacial score (nSPS) is 10.5. The number of aryl methyl sites for hydroxylation is 2. The number of anilines is 1. The lowest BCUT2D eigenvalue weighted by atomic mass is 10.1. The largest absolute Gasteiger partial charge is 0.495 e. The third-order valence-electron chi connectivity index (χ3n) is 3.43. The molecule has 0 radical (unpaired) electrons. The van der Waals surface area contributed by atoms with Crippen molar-refractivity contribution in [3.05, 3.63) is 40.2 Å². The Labute approximate surface area is 128 Å². The molecule has 0 bridgehead atoms. The van der Waals surface area contributed by atoms with Gasteiger partial charge in [0.1, 0.15) is 5.75 Å². The molecule has 1 aromatic carbocycles. The van der Waals surface area contributed by atoms with E-state index in [2.05, 4.69) is 10.4 Å². The highest BCUT2D eigenvalue weighted by atomic mass is 35.5. The fourth-order valence-electron chi connectivity index (χ4n) is 2.21. The topological polar surface area (TPSA) is 56.1 Å². The van der Waals surface area contributed by atoms with Gasteiger partial charge in [-0.15, -0.1) is 0 Å². The second-order valence-corrected chi connectivity index (χ2v) is 5.28. The van der Waals surface area contributed by atoms with Gasteiger partial charge >= 0.3 is 0 Å². The number of aromatic nitrogens is 2. The van der Waals surface area contributed by atoms with Gasteiger partial charge in [-0.05, 0) is 32.0 Å². The van der Waals surface area contributed by atoms with Gasteiger partial charge in [0.15, 0.2) is 0 Å². The zero-order valence-corrected chi connectivity index (χ0v) is 13.3. The Morgan fingerprint density at radius 1 is 1.43 bits per heavy atom. The Balaban J connectivity index is 2.17. The molecule has 0 spiro atoms. The van der Waals surface area contributed by atoms with Crippen LogP contribution >= 0.6 is 11.6 Å². The van der Waals surface area contributed by atoms with E-state index in [1.807, 2.05) is 20.9 Å². The van der Waals surface area contributed by atoms with E-state index in [1.165, 1.54) is 0 Å². The summed E-state index contributed by atoms with van der Waals surface area (Å²) in [5, 5.41) is 7.68. The summed E-state index contributed by atoms with van der Waals surface area (Å²) >= 11 is 5.95. The molecular formula is C15H18ClN3O2. The maximum Gasteiger partial charge on any atom is 0.229 e. The van der Waals surface area contributed by atoms with Crippen molar-refractivity contribution >= 4 is 23.2 Å². The molecular weight excluding hydrogens is 290 g/mol. The van der Waals surface area contributed by atoms with Crippen molar-refractivity contribution in [3.8, 4) is 5.75 Å². The second-order valence-electron chi connectivity index (χ2n) is 4.84. The van der Waals surface area contributed by atoms with Gasteiger partial charge in [-0.2, -0.15) is 5.10 Å². The van der Waals surface area contributed by atoms with Crippen molar-refractivity contribution in [2.75, 3.05) is 12.4 Å². The van der Waals surface area contributed by atoms with Crippen molar-refractivity contribution < 1.29 is 9.53 Å². The van der Waals surface area contributed by atoms with E-state index in [4.69, 9.17) is 16.3 Å². The standard InChI is InChI=1S/C15H18ClN3O2/c1-9-12(10(2)19(3)18-9)8-15(20)17-13-7-11(16)5-6-14(13)21-4/h5-7H,8H2,1-4H3,(H,17,20). The minimum absolute atomic E-state index is 0.130. The van der Waals surface area contributed by atoms with E-state index in [0.717, 1.165) is 17.0 Å². The van der Waals surface area contributed by atoms with Crippen LogP contribution in [0.25, 0.3) is 0 Å². The molecule has 21 heavy (non-hydrogen) atoms. The van der Waals surface area contributed by atoms with Crippen LogP contribution in [0.5, 0.6) is 5.75 Å².